The van der Waals surface area contributed by atoms with Gasteiger partial charge in [0.25, 0.3) is 5.69 Å². The second kappa shape index (κ2) is 9.00. The monoisotopic (exact) mass is 534 g/mol. The molecule has 3 heterocycles. The molecule has 2 aromatic heterocycles. The van der Waals surface area contributed by atoms with Crippen molar-refractivity contribution < 1.29 is 9.34 Å². The van der Waals surface area contributed by atoms with Crippen LogP contribution >= 0.6 is 28.1 Å². The Hall–Kier alpha value is -3.56. The van der Waals surface area contributed by atoms with Gasteiger partial charge in [-0.1, -0.05) is 34.1 Å². The van der Waals surface area contributed by atoms with Crippen LogP contribution in [0, 0.1) is 17.0 Å². The van der Waals surface area contributed by atoms with Gasteiger partial charge in [-0.25, -0.2) is 0 Å². The maximum Gasteiger partial charge on any atom is 0.270 e. The van der Waals surface area contributed by atoms with Gasteiger partial charge < -0.3 is 14.6 Å². The third-order valence-electron chi connectivity index (χ3n) is 5.78. The summed E-state index contributed by atoms with van der Waals surface area (Å²) in [6.07, 6.45) is 1.75. The third kappa shape index (κ3) is 4.08. The van der Waals surface area contributed by atoms with Gasteiger partial charge in [0.15, 0.2) is 5.11 Å². The number of nitro groups is 1. The molecule has 170 valence electrons. The maximum absolute atomic E-state index is 11.2. The van der Waals surface area contributed by atoms with E-state index in [0.717, 1.165) is 21.4 Å². The summed E-state index contributed by atoms with van der Waals surface area (Å²) in [4.78, 5) is 17.4. The van der Waals surface area contributed by atoms with E-state index in [4.69, 9.17) is 16.6 Å². The Bertz CT molecular complexity index is 1390. The Labute approximate surface area is 209 Å². The Morgan fingerprint density at radius 2 is 1.97 bits per heavy atom. The number of nitrogens with one attached hydrogen (secondary N) is 1. The topological polar surface area (TPSA) is 84.4 Å². The lowest BCUT2D eigenvalue weighted by molar-refractivity contribution is -0.384. The van der Waals surface area contributed by atoms with Crippen LogP contribution in [0.15, 0.2) is 87.9 Å². The van der Waals surface area contributed by atoms with Crippen LogP contribution in [-0.2, 0) is 0 Å². The number of non-ortho nitro benzene ring substituents is 1. The van der Waals surface area contributed by atoms with Gasteiger partial charge in [-0.15, -0.1) is 0 Å². The van der Waals surface area contributed by atoms with Crippen molar-refractivity contribution >= 4 is 44.6 Å². The Morgan fingerprint density at radius 3 is 2.71 bits per heavy atom. The number of aryl methyl sites for hydroxylation is 1. The number of nitrogens with zero attached hydrogens (tertiary/aromatic N) is 3. The fourth-order valence-corrected chi connectivity index (χ4v) is 4.73. The molecule has 5 rings (SSSR count). The van der Waals surface area contributed by atoms with E-state index >= 15 is 0 Å². The number of nitro benzene ring substituents is 1. The Kier molecular flexibility index (Phi) is 5.89. The minimum Gasteiger partial charge on any atom is -0.459 e. The SMILES string of the molecule is Cc1cc(N2C(=S)NC(c3ccccn3)C2c2ccc(-c3cccc([N+](=O)[O-])c3)o2)ccc1Br. The summed E-state index contributed by atoms with van der Waals surface area (Å²) in [5, 5.41) is 15.2. The Balaban J connectivity index is 1.60. The lowest BCUT2D eigenvalue weighted by Gasteiger charge is -2.26. The van der Waals surface area contributed by atoms with E-state index in [1.807, 2.05) is 54.3 Å². The largest absolute Gasteiger partial charge is 0.459 e. The smallest absolute Gasteiger partial charge is 0.270 e. The Morgan fingerprint density at radius 1 is 1.12 bits per heavy atom. The third-order valence-corrected chi connectivity index (χ3v) is 6.98. The van der Waals surface area contributed by atoms with Gasteiger partial charge in [0, 0.05) is 34.1 Å². The minimum atomic E-state index is -0.415. The lowest BCUT2D eigenvalue weighted by atomic mass is 10.0. The van der Waals surface area contributed by atoms with Crippen LogP contribution in [0.25, 0.3) is 11.3 Å². The first kappa shape index (κ1) is 22.2. The number of hydrogen-bond donors (Lipinski definition) is 1. The summed E-state index contributed by atoms with van der Waals surface area (Å²) in [6, 6.07) is 21.4. The highest BCUT2D eigenvalue weighted by Crippen LogP contribution is 2.43. The minimum absolute atomic E-state index is 0.0116. The van der Waals surface area contributed by atoms with Crippen molar-refractivity contribution in [3.8, 4) is 11.3 Å². The van der Waals surface area contributed by atoms with Crippen molar-refractivity contribution in [3.63, 3.8) is 0 Å². The van der Waals surface area contributed by atoms with Gasteiger partial charge in [0.05, 0.1) is 16.7 Å². The summed E-state index contributed by atoms with van der Waals surface area (Å²) < 4.78 is 7.31. The number of thiocarbonyl (C=S) groups is 1. The second-order valence-corrected chi connectivity index (χ2v) is 9.18. The van der Waals surface area contributed by atoms with Gasteiger partial charge >= 0.3 is 0 Å². The molecule has 1 N–H and O–H groups in total. The maximum atomic E-state index is 11.2. The van der Waals surface area contributed by atoms with Gasteiger partial charge in [0.2, 0.25) is 0 Å². The number of benzene rings is 2. The molecule has 4 aromatic rings. The molecule has 0 saturated carbocycles. The van der Waals surface area contributed by atoms with E-state index in [1.54, 1.807) is 18.3 Å². The fraction of sp³-hybridized carbons (Fsp3) is 0.120. The number of aromatic nitrogens is 1. The molecular weight excluding hydrogens is 516 g/mol. The fourth-order valence-electron chi connectivity index (χ4n) is 4.14. The highest BCUT2D eigenvalue weighted by Gasteiger charge is 2.42. The first-order chi connectivity index (χ1) is 16.4. The molecule has 1 fully saturated rings. The van der Waals surface area contributed by atoms with Crippen molar-refractivity contribution in [3.05, 3.63) is 111 Å². The van der Waals surface area contributed by atoms with Crippen molar-refractivity contribution in [2.45, 2.75) is 19.0 Å². The van der Waals surface area contributed by atoms with Gasteiger partial charge in [0.1, 0.15) is 17.6 Å². The van der Waals surface area contributed by atoms with Crippen LogP contribution in [0.5, 0.6) is 0 Å². The molecule has 1 saturated heterocycles. The van der Waals surface area contributed by atoms with Crippen molar-refractivity contribution in [1.82, 2.24) is 10.3 Å². The van der Waals surface area contributed by atoms with Gasteiger partial charge in [-0.2, -0.15) is 0 Å². The molecule has 9 heteroatoms. The molecule has 2 aromatic carbocycles. The number of hydrogen-bond acceptors (Lipinski definition) is 5. The van der Waals surface area contributed by atoms with E-state index in [0.29, 0.717) is 22.2 Å². The molecule has 7 nitrogen and oxygen atoms in total. The number of rotatable bonds is 5. The van der Waals surface area contributed by atoms with Crippen LogP contribution in [0.4, 0.5) is 11.4 Å². The first-order valence-electron chi connectivity index (χ1n) is 10.5. The predicted molar refractivity (Wildman–Crippen MR) is 138 cm³/mol. The highest BCUT2D eigenvalue weighted by atomic mass is 79.9. The van der Waals surface area contributed by atoms with Crippen molar-refractivity contribution in [2.24, 2.45) is 0 Å². The number of furan rings is 1. The quantitative estimate of drug-likeness (QED) is 0.178. The zero-order valence-electron chi connectivity index (χ0n) is 18.0. The van der Waals surface area contributed by atoms with Gasteiger partial charge in [-0.3, -0.25) is 15.1 Å². The predicted octanol–water partition coefficient (Wildman–Crippen LogP) is 6.50. The molecule has 1 aliphatic heterocycles. The highest BCUT2D eigenvalue weighted by molar-refractivity contribution is 9.10. The summed E-state index contributed by atoms with van der Waals surface area (Å²) in [6.45, 7) is 2.03. The molecule has 0 aliphatic carbocycles. The lowest BCUT2D eigenvalue weighted by Crippen LogP contribution is -2.29. The van der Waals surface area contributed by atoms with Crippen molar-refractivity contribution in [2.75, 3.05) is 4.90 Å². The zero-order valence-corrected chi connectivity index (χ0v) is 20.4. The summed E-state index contributed by atoms with van der Waals surface area (Å²) in [7, 11) is 0. The van der Waals surface area contributed by atoms with Crippen LogP contribution in [-0.4, -0.2) is 15.0 Å². The molecule has 1 aliphatic rings. The molecule has 34 heavy (non-hydrogen) atoms. The average Bonchev–Trinajstić information content (AvgIpc) is 3.46. The normalized spacial score (nSPS) is 17.6. The van der Waals surface area contributed by atoms with Gasteiger partial charge in [-0.05, 0) is 67.2 Å². The van der Waals surface area contributed by atoms with E-state index in [1.165, 1.54) is 12.1 Å². The van der Waals surface area contributed by atoms with Crippen LogP contribution in [0.2, 0.25) is 0 Å². The van der Waals surface area contributed by atoms with E-state index in [9.17, 15) is 10.1 Å². The molecule has 0 bridgehead atoms. The van der Waals surface area contributed by atoms with Crippen molar-refractivity contribution in [1.29, 1.82) is 0 Å². The molecule has 2 unspecified atom stereocenters. The molecular formula is C25H19BrN4O3S. The first-order valence-corrected chi connectivity index (χ1v) is 11.7. The van der Waals surface area contributed by atoms with E-state index < -0.39 is 4.92 Å². The number of halogens is 1. The number of anilines is 1. The molecule has 0 spiro atoms. The van der Waals surface area contributed by atoms with Crippen LogP contribution in [0.1, 0.15) is 29.1 Å². The van der Waals surface area contributed by atoms with Crippen LogP contribution < -0.4 is 10.2 Å². The zero-order chi connectivity index (χ0) is 23.8. The number of pyridine rings is 1. The van der Waals surface area contributed by atoms with E-state index in [-0.39, 0.29) is 17.8 Å². The summed E-state index contributed by atoms with van der Waals surface area (Å²) >= 11 is 9.32. The standard InChI is InChI=1S/C25H19BrN4O3S/c1-15-13-17(8-9-19(15)26)29-24(23(28-25(29)34)20-7-2-3-12-27-20)22-11-10-21(33-22)16-5-4-6-18(14-16)30(31)32/h2-14,23-24H,1H3,(H,28,34). The molecule has 0 amide bonds. The average molecular weight is 535 g/mol. The van der Waals surface area contributed by atoms with E-state index in [2.05, 4.69) is 32.3 Å². The summed E-state index contributed by atoms with van der Waals surface area (Å²) in [5.74, 6) is 1.22. The summed E-state index contributed by atoms with van der Waals surface area (Å²) in [5.41, 5.74) is 3.48. The molecule has 2 atom stereocenters. The van der Waals surface area contributed by atoms with Crippen LogP contribution in [0.3, 0.4) is 0 Å². The second-order valence-electron chi connectivity index (χ2n) is 7.94. The molecule has 0 radical (unpaired) electrons.